The summed E-state index contributed by atoms with van der Waals surface area (Å²) in [6, 6.07) is 79.8. The van der Waals surface area contributed by atoms with Gasteiger partial charge in [-0.1, -0.05) is 188 Å². The van der Waals surface area contributed by atoms with Crippen LogP contribution in [0.25, 0.3) is 106 Å². The Bertz CT molecular complexity index is 3290. The predicted octanol–water partition coefficient (Wildman–Crippen LogP) is 14.7. The maximum atomic E-state index is 5.23. The van der Waals surface area contributed by atoms with Crippen molar-refractivity contribution in [2.75, 3.05) is 0 Å². The fourth-order valence-corrected chi connectivity index (χ4v) is 8.66. The first-order valence-corrected chi connectivity index (χ1v) is 20.1. The Hall–Kier alpha value is -7.88. The first-order valence-electron chi connectivity index (χ1n) is 20.1. The van der Waals surface area contributed by atoms with Crippen LogP contribution in [0.1, 0.15) is 0 Å². The van der Waals surface area contributed by atoms with E-state index in [1.807, 2.05) is 18.2 Å². The summed E-state index contributed by atoms with van der Waals surface area (Å²) >= 11 is 0. The zero-order chi connectivity index (χ0) is 39.1. The molecule has 2 heterocycles. The summed E-state index contributed by atoms with van der Waals surface area (Å²) in [6.07, 6.45) is 0. The summed E-state index contributed by atoms with van der Waals surface area (Å²) < 4.78 is 2.38. The molecule has 0 bridgehead atoms. The molecule has 0 saturated heterocycles. The molecule has 0 amide bonds. The normalized spacial score (nSPS) is 11.4. The van der Waals surface area contributed by atoms with Crippen LogP contribution < -0.4 is 0 Å². The third-order valence-electron chi connectivity index (χ3n) is 11.4. The molecule has 0 saturated carbocycles. The third kappa shape index (κ3) is 6.17. The molecule has 9 aromatic carbocycles. The highest BCUT2D eigenvalue weighted by Gasteiger charge is 2.18. The van der Waals surface area contributed by atoms with Crippen molar-refractivity contribution in [3.05, 3.63) is 224 Å². The number of aromatic nitrogens is 3. The number of hydrogen-bond donors (Lipinski definition) is 0. The Morgan fingerprint density at radius 2 is 0.814 bits per heavy atom. The van der Waals surface area contributed by atoms with E-state index in [0.29, 0.717) is 5.82 Å². The summed E-state index contributed by atoms with van der Waals surface area (Å²) in [5.74, 6) is 0.703. The van der Waals surface area contributed by atoms with Crippen molar-refractivity contribution in [1.29, 1.82) is 0 Å². The number of benzene rings is 9. The summed E-state index contributed by atoms with van der Waals surface area (Å²) in [5.41, 5.74) is 15.5. The highest BCUT2D eigenvalue weighted by Crippen LogP contribution is 2.41. The van der Waals surface area contributed by atoms with E-state index in [4.69, 9.17) is 9.97 Å². The largest absolute Gasteiger partial charge is 0.309 e. The number of para-hydroxylation sites is 2. The lowest BCUT2D eigenvalue weighted by atomic mass is 9.92. The Balaban J connectivity index is 1.01. The van der Waals surface area contributed by atoms with Crippen LogP contribution in [-0.4, -0.2) is 14.5 Å². The summed E-state index contributed by atoms with van der Waals surface area (Å²) in [6.45, 7) is 0. The zero-order valence-electron chi connectivity index (χ0n) is 32.2. The molecule has 3 heteroatoms. The molecule has 11 aromatic rings. The Kier molecular flexibility index (Phi) is 8.49. The monoisotopic (exact) mass is 751 g/mol. The number of rotatable bonds is 7. The maximum absolute atomic E-state index is 5.23. The molecule has 0 spiro atoms. The van der Waals surface area contributed by atoms with Crippen molar-refractivity contribution in [3.8, 4) is 73.0 Å². The second-order valence-electron chi connectivity index (χ2n) is 14.9. The van der Waals surface area contributed by atoms with E-state index in [0.717, 1.165) is 44.7 Å². The van der Waals surface area contributed by atoms with Crippen LogP contribution in [-0.2, 0) is 0 Å². The minimum Gasteiger partial charge on any atom is -0.309 e. The van der Waals surface area contributed by atoms with Gasteiger partial charge in [0.2, 0.25) is 0 Å². The van der Waals surface area contributed by atoms with E-state index in [1.165, 1.54) is 55.0 Å². The van der Waals surface area contributed by atoms with E-state index in [9.17, 15) is 0 Å². The quantitative estimate of drug-likeness (QED) is 0.162. The van der Waals surface area contributed by atoms with Crippen molar-refractivity contribution in [2.24, 2.45) is 0 Å². The molecule has 11 rings (SSSR count). The van der Waals surface area contributed by atoms with Gasteiger partial charge in [-0.15, -0.1) is 0 Å². The van der Waals surface area contributed by atoms with E-state index in [1.54, 1.807) is 0 Å². The molecule has 59 heavy (non-hydrogen) atoms. The zero-order valence-corrected chi connectivity index (χ0v) is 32.2. The van der Waals surface area contributed by atoms with Gasteiger partial charge in [0.15, 0.2) is 5.82 Å². The highest BCUT2D eigenvalue weighted by atomic mass is 15.0. The molecule has 0 fully saturated rings. The standard InChI is InChI=1S/C56H37N3/c1-4-16-38(17-5-1)42-20-14-21-43(36-42)51-37-52(58-56(57-51)41-18-6-2-7-19-41)49-35-34-45(47-24-10-11-25-48(47)49)39-30-32-40(33-31-39)46-27-15-29-54-55(46)50-26-12-13-28-53(50)59(54)44-22-8-3-9-23-44/h1-37H. The SMILES string of the molecule is c1ccc(-c2cccc(-c3cc(-c4ccc(-c5ccc(-c6cccc7c6c6ccccc6n7-c6ccccc6)cc5)c5ccccc45)nc(-c4ccccc4)n3)c2)cc1. The molecule has 0 atom stereocenters. The van der Waals surface area contributed by atoms with Crippen LogP contribution in [0.15, 0.2) is 224 Å². The van der Waals surface area contributed by atoms with Gasteiger partial charge in [0, 0.05) is 33.2 Å². The molecule has 3 nitrogen and oxygen atoms in total. The molecule has 0 aliphatic rings. The van der Waals surface area contributed by atoms with Gasteiger partial charge in [-0.3, -0.25) is 0 Å². The number of hydrogen-bond acceptors (Lipinski definition) is 2. The summed E-state index contributed by atoms with van der Waals surface area (Å²) in [7, 11) is 0. The van der Waals surface area contributed by atoms with Crippen LogP contribution in [0.3, 0.4) is 0 Å². The van der Waals surface area contributed by atoms with Crippen LogP contribution >= 0.6 is 0 Å². The van der Waals surface area contributed by atoms with Crippen molar-refractivity contribution in [1.82, 2.24) is 14.5 Å². The van der Waals surface area contributed by atoms with Crippen molar-refractivity contribution in [3.63, 3.8) is 0 Å². The lowest BCUT2D eigenvalue weighted by Gasteiger charge is -2.14. The second-order valence-corrected chi connectivity index (χ2v) is 14.9. The third-order valence-corrected chi connectivity index (χ3v) is 11.4. The van der Waals surface area contributed by atoms with E-state index in [-0.39, 0.29) is 0 Å². The fourth-order valence-electron chi connectivity index (χ4n) is 8.66. The fraction of sp³-hybridized carbons (Fsp3) is 0. The van der Waals surface area contributed by atoms with Crippen LogP contribution in [0, 0.1) is 0 Å². The first-order chi connectivity index (χ1) is 29.3. The highest BCUT2D eigenvalue weighted by molar-refractivity contribution is 6.16. The van der Waals surface area contributed by atoms with Crippen LogP contribution in [0.2, 0.25) is 0 Å². The lowest BCUT2D eigenvalue weighted by Crippen LogP contribution is -1.97. The molecule has 0 radical (unpaired) electrons. The van der Waals surface area contributed by atoms with E-state index < -0.39 is 0 Å². The van der Waals surface area contributed by atoms with Gasteiger partial charge in [-0.25, -0.2) is 9.97 Å². The molecule has 2 aromatic heterocycles. The van der Waals surface area contributed by atoms with Gasteiger partial charge >= 0.3 is 0 Å². The Labute approximate surface area is 343 Å². The maximum Gasteiger partial charge on any atom is 0.160 e. The van der Waals surface area contributed by atoms with Crippen molar-refractivity contribution >= 4 is 32.6 Å². The predicted molar refractivity (Wildman–Crippen MR) is 246 cm³/mol. The van der Waals surface area contributed by atoms with Crippen molar-refractivity contribution < 1.29 is 0 Å². The van der Waals surface area contributed by atoms with Gasteiger partial charge in [-0.2, -0.15) is 0 Å². The van der Waals surface area contributed by atoms with Gasteiger partial charge in [0.05, 0.1) is 22.4 Å². The van der Waals surface area contributed by atoms with Gasteiger partial charge in [0.1, 0.15) is 0 Å². The van der Waals surface area contributed by atoms with E-state index >= 15 is 0 Å². The van der Waals surface area contributed by atoms with Gasteiger partial charge in [-0.05, 0) is 80.6 Å². The van der Waals surface area contributed by atoms with Gasteiger partial charge in [0.25, 0.3) is 0 Å². The summed E-state index contributed by atoms with van der Waals surface area (Å²) in [5, 5.41) is 4.84. The molecule has 0 unspecified atom stereocenters. The molecular weight excluding hydrogens is 715 g/mol. The van der Waals surface area contributed by atoms with Crippen LogP contribution in [0.4, 0.5) is 0 Å². The molecule has 0 aliphatic carbocycles. The van der Waals surface area contributed by atoms with Crippen LogP contribution in [0.5, 0.6) is 0 Å². The lowest BCUT2D eigenvalue weighted by molar-refractivity contribution is 1.18. The average molecular weight is 752 g/mol. The second kappa shape index (κ2) is 14.6. The Morgan fingerprint density at radius 3 is 1.56 bits per heavy atom. The minimum absolute atomic E-state index is 0.703. The average Bonchev–Trinajstić information content (AvgIpc) is 3.67. The number of nitrogens with zero attached hydrogens (tertiary/aromatic N) is 3. The number of fused-ring (bicyclic) bond motifs is 4. The smallest absolute Gasteiger partial charge is 0.160 e. The molecule has 276 valence electrons. The molecule has 0 N–H and O–H groups in total. The topological polar surface area (TPSA) is 30.7 Å². The Morgan fingerprint density at radius 1 is 0.288 bits per heavy atom. The molecular formula is C56H37N3. The first kappa shape index (κ1) is 34.4. The molecule has 0 aliphatic heterocycles. The van der Waals surface area contributed by atoms with Gasteiger partial charge < -0.3 is 4.57 Å². The van der Waals surface area contributed by atoms with Crippen molar-refractivity contribution in [2.45, 2.75) is 0 Å². The minimum atomic E-state index is 0.703. The summed E-state index contributed by atoms with van der Waals surface area (Å²) in [4.78, 5) is 10.4. The van der Waals surface area contributed by atoms with E-state index in [2.05, 4.69) is 211 Å².